The first-order valence-electron chi connectivity index (χ1n) is 5.22. The lowest BCUT2D eigenvalue weighted by Crippen LogP contribution is -2.18. The number of aromatic nitrogens is 2. The molecule has 0 saturated carbocycles. The number of aliphatic hydroxyl groups excluding tert-OH is 1. The highest BCUT2D eigenvalue weighted by Gasteiger charge is 2.11. The highest BCUT2D eigenvalue weighted by atomic mass is 35.5. The van der Waals surface area contributed by atoms with Crippen LogP contribution in [0, 0.1) is 0 Å². The molecular formula is C10H18ClN3O. The summed E-state index contributed by atoms with van der Waals surface area (Å²) in [7, 11) is 1.90. The van der Waals surface area contributed by atoms with Crippen molar-refractivity contribution in [1.29, 1.82) is 0 Å². The molecule has 86 valence electrons. The Labute approximate surface area is 95.2 Å². The Balaban J connectivity index is 2.56. The number of aliphatic hydroxyl groups is 1. The third-order valence-electron chi connectivity index (χ3n) is 2.31. The first-order valence-corrected chi connectivity index (χ1v) is 5.60. The quantitative estimate of drug-likeness (QED) is 0.722. The molecule has 1 heterocycles. The van der Waals surface area contributed by atoms with E-state index in [1.807, 2.05) is 18.7 Å². The molecule has 1 aromatic heterocycles. The van der Waals surface area contributed by atoms with Crippen LogP contribution in [0.25, 0.3) is 0 Å². The number of rotatable bonds is 6. The molecule has 15 heavy (non-hydrogen) atoms. The summed E-state index contributed by atoms with van der Waals surface area (Å²) in [6, 6.07) is 0. The predicted molar refractivity (Wildman–Crippen MR) is 61.0 cm³/mol. The maximum atomic E-state index is 8.63. The minimum Gasteiger partial charge on any atom is -0.396 e. The molecule has 0 spiro atoms. The first kappa shape index (κ1) is 12.5. The van der Waals surface area contributed by atoms with Crippen LogP contribution < -0.4 is 5.32 Å². The second-order valence-corrected chi connectivity index (χ2v) is 3.82. The fourth-order valence-corrected chi connectivity index (χ4v) is 1.78. The summed E-state index contributed by atoms with van der Waals surface area (Å²) in [6.45, 7) is 3.74. The number of hydrogen-bond donors (Lipinski definition) is 2. The van der Waals surface area contributed by atoms with Gasteiger partial charge in [0.2, 0.25) is 0 Å². The van der Waals surface area contributed by atoms with Crippen LogP contribution in [0.1, 0.15) is 24.7 Å². The average Bonchev–Trinajstić information content (AvgIpc) is 2.50. The van der Waals surface area contributed by atoms with Gasteiger partial charge in [-0.15, -0.1) is 0 Å². The van der Waals surface area contributed by atoms with Crippen molar-refractivity contribution in [3.05, 3.63) is 16.4 Å². The molecule has 1 aromatic rings. The Hall–Kier alpha value is -0.580. The zero-order valence-corrected chi connectivity index (χ0v) is 10.0. The van der Waals surface area contributed by atoms with Crippen LogP contribution in [0.5, 0.6) is 0 Å². The Kier molecular flexibility index (Phi) is 5.08. The van der Waals surface area contributed by atoms with Gasteiger partial charge in [0, 0.05) is 20.2 Å². The van der Waals surface area contributed by atoms with E-state index in [-0.39, 0.29) is 6.61 Å². The molecule has 0 bridgehead atoms. The van der Waals surface area contributed by atoms with Crippen LogP contribution >= 0.6 is 11.6 Å². The Morgan fingerprint density at radius 1 is 1.53 bits per heavy atom. The summed E-state index contributed by atoms with van der Waals surface area (Å²) in [4.78, 5) is 0. The van der Waals surface area contributed by atoms with Gasteiger partial charge in [-0.1, -0.05) is 18.5 Å². The minimum atomic E-state index is 0.215. The molecule has 0 aliphatic carbocycles. The van der Waals surface area contributed by atoms with Crippen molar-refractivity contribution in [2.24, 2.45) is 7.05 Å². The van der Waals surface area contributed by atoms with Crippen LogP contribution in [-0.4, -0.2) is 28.0 Å². The molecule has 0 aliphatic rings. The molecule has 0 aromatic carbocycles. The summed E-state index contributed by atoms with van der Waals surface area (Å²) in [6.07, 6.45) is 1.61. The maximum Gasteiger partial charge on any atom is 0.0863 e. The van der Waals surface area contributed by atoms with E-state index in [1.54, 1.807) is 0 Å². The van der Waals surface area contributed by atoms with Gasteiger partial charge >= 0.3 is 0 Å². The van der Waals surface area contributed by atoms with Crippen molar-refractivity contribution in [2.75, 3.05) is 13.2 Å². The van der Waals surface area contributed by atoms with Crippen molar-refractivity contribution < 1.29 is 5.11 Å². The third-order valence-corrected chi connectivity index (χ3v) is 2.74. The topological polar surface area (TPSA) is 50.1 Å². The first-order chi connectivity index (χ1) is 7.20. The van der Waals surface area contributed by atoms with Gasteiger partial charge in [-0.05, 0) is 19.4 Å². The monoisotopic (exact) mass is 231 g/mol. The standard InChI is InChI=1S/C10H18ClN3O/c1-3-8-10(11)9(14(2)13-8)7-12-5-4-6-15/h12,15H,3-7H2,1-2H3. The molecule has 0 saturated heterocycles. The Bertz CT molecular complexity index is 312. The SMILES string of the molecule is CCc1nn(C)c(CNCCCO)c1Cl. The van der Waals surface area contributed by atoms with Crippen LogP contribution in [0.2, 0.25) is 5.02 Å². The lowest BCUT2D eigenvalue weighted by atomic mass is 10.3. The highest BCUT2D eigenvalue weighted by molar-refractivity contribution is 6.31. The van der Waals surface area contributed by atoms with Gasteiger partial charge in [0.05, 0.1) is 16.4 Å². The van der Waals surface area contributed by atoms with E-state index in [1.165, 1.54) is 0 Å². The van der Waals surface area contributed by atoms with Crippen molar-refractivity contribution >= 4 is 11.6 Å². The van der Waals surface area contributed by atoms with Crippen LogP contribution in [-0.2, 0) is 20.0 Å². The molecule has 4 nitrogen and oxygen atoms in total. The second-order valence-electron chi connectivity index (χ2n) is 3.44. The molecule has 0 atom stereocenters. The van der Waals surface area contributed by atoms with Gasteiger partial charge in [-0.2, -0.15) is 5.10 Å². The average molecular weight is 232 g/mol. The molecule has 0 radical (unpaired) electrons. The zero-order valence-electron chi connectivity index (χ0n) is 9.26. The maximum absolute atomic E-state index is 8.63. The normalized spacial score (nSPS) is 10.9. The van der Waals surface area contributed by atoms with Gasteiger partial charge in [0.15, 0.2) is 0 Å². The molecule has 0 aliphatic heterocycles. The van der Waals surface area contributed by atoms with Crippen LogP contribution in [0.15, 0.2) is 0 Å². The number of nitrogens with zero attached hydrogens (tertiary/aromatic N) is 2. The van der Waals surface area contributed by atoms with E-state index >= 15 is 0 Å². The van der Waals surface area contributed by atoms with Crippen molar-refractivity contribution in [3.8, 4) is 0 Å². The van der Waals surface area contributed by atoms with Crippen molar-refractivity contribution in [3.63, 3.8) is 0 Å². The lowest BCUT2D eigenvalue weighted by Gasteiger charge is -2.04. The summed E-state index contributed by atoms with van der Waals surface area (Å²) in [5.41, 5.74) is 1.95. The van der Waals surface area contributed by atoms with E-state index in [0.29, 0.717) is 6.54 Å². The fraction of sp³-hybridized carbons (Fsp3) is 0.700. The second kappa shape index (κ2) is 6.10. The van der Waals surface area contributed by atoms with Gasteiger partial charge in [-0.3, -0.25) is 4.68 Å². The molecule has 5 heteroatoms. The third kappa shape index (κ3) is 3.19. The Morgan fingerprint density at radius 2 is 2.27 bits per heavy atom. The predicted octanol–water partition coefficient (Wildman–Crippen LogP) is 1.11. The molecule has 0 unspecified atom stereocenters. The van der Waals surface area contributed by atoms with Gasteiger partial charge in [-0.25, -0.2) is 0 Å². The van der Waals surface area contributed by atoms with E-state index in [2.05, 4.69) is 10.4 Å². The van der Waals surface area contributed by atoms with Crippen LogP contribution in [0.4, 0.5) is 0 Å². The fourth-order valence-electron chi connectivity index (χ4n) is 1.42. The smallest absolute Gasteiger partial charge is 0.0863 e. The summed E-state index contributed by atoms with van der Waals surface area (Å²) in [5, 5.41) is 16.9. The zero-order chi connectivity index (χ0) is 11.3. The summed E-state index contributed by atoms with van der Waals surface area (Å²) < 4.78 is 1.81. The number of nitrogens with one attached hydrogen (secondary N) is 1. The molecule has 0 amide bonds. The van der Waals surface area contributed by atoms with E-state index in [9.17, 15) is 0 Å². The minimum absolute atomic E-state index is 0.215. The molecule has 1 rings (SSSR count). The lowest BCUT2D eigenvalue weighted by molar-refractivity contribution is 0.286. The summed E-state index contributed by atoms with van der Waals surface area (Å²) >= 11 is 6.17. The van der Waals surface area contributed by atoms with Crippen molar-refractivity contribution in [2.45, 2.75) is 26.3 Å². The highest BCUT2D eigenvalue weighted by Crippen LogP contribution is 2.20. The molecule has 2 N–H and O–H groups in total. The van der Waals surface area contributed by atoms with E-state index in [4.69, 9.17) is 16.7 Å². The van der Waals surface area contributed by atoms with E-state index < -0.39 is 0 Å². The van der Waals surface area contributed by atoms with Gasteiger partial charge in [0.25, 0.3) is 0 Å². The Morgan fingerprint density at radius 3 is 2.80 bits per heavy atom. The van der Waals surface area contributed by atoms with Gasteiger partial charge < -0.3 is 10.4 Å². The number of halogens is 1. The molecular weight excluding hydrogens is 214 g/mol. The van der Waals surface area contributed by atoms with Gasteiger partial charge in [0.1, 0.15) is 0 Å². The van der Waals surface area contributed by atoms with Crippen molar-refractivity contribution in [1.82, 2.24) is 15.1 Å². The summed E-state index contributed by atoms with van der Waals surface area (Å²) in [5.74, 6) is 0. The number of hydrogen-bond acceptors (Lipinski definition) is 3. The van der Waals surface area contributed by atoms with E-state index in [0.717, 1.165) is 35.8 Å². The molecule has 0 fully saturated rings. The number of aryl methyl sites for hydroxylation is 2. The largest absolute Gasteiger partial charge is 0.396 e. The van der Waals surface area contributed by atoms with Crippen LogP contribution in [0.3, 0.4) is 0 Å².